The number of hydrogen-bond acceptors (Lipinski definition) is 3. The fraction of sp³-hybridized carbons (Fsp3) is 0.500. The second-order valence-electron chi connectivity index (χ2n) is 4.94. The van der Waals surface area contributed by atoms with Gasteiger partial charge in [-0.15, -0.1) is 0 Å². The molecule has 1 heterocycles. The highest BCUT2D eigenvalue weighted by Gasteiger charge is 2.20. The van der Waals surface area contributed by atoms with Gasteiger partial charge in [0.25, 0.3) is 0 Å². The Morgan fingerprint density at radius 3 is 2.89 bits per heavy atom. The summed E-state index contributed by atoms with van der Waals surface area (Å²) >= 11 is 4.99. The molecule has 18 heavy (non-hydrogen) atoms. The molecule has 0 aromatic heterocycles. The van der Waals surface area contributed by atoms with Crippen LogP contribution in [0.15, 0.2) is 18.2 Å². The van der Waals surface area contributed by atoms with Gasteiger partial charge in [0, 0.05) is 24.8 Å². The maximum atomic E-state index is 5.64. The number of likely N-dealkylation sites (N-methyl/N-ethyl adjacent to an activating group) is 1. The Balaban J connectivity index is 2.06. The van der Waals surface area contributed by atoms with E-state index in [9.17, 15) is 0 Å². The molecule has 0 spiro atoms. The number of rotatable bonds is 4. The first kappa shape index (κ1) is 13.5. The van der Waals surface area contributed by atoms with Crippen molar-refractivity contribution in [1.82, 2.24) is 4.90 Å². The third-order valence-corrected chi connectivity index (χ3v) is 3.81. The molecule has 4 heteroatoms. The van der Waals surface area contributed by atoms with Crippen LogP contribution in [0.25, 0.3) is 0 Å². The molecule has 0 radical (unpaired) electrons. The van der Waals surface area contributed by atoms with Gasteiger partial charge < -0.3 is 10.5 Å². The molecule has 0 aliphatic carbocycles. The predicted octanol–water partition coefficient (Wildman–Crippen LogP) is 1.85. The first-order valence-corrected chi connectivity index (χ1v) is 6.66. The highest BCUT2D eigenvalue weighted by atomic mass is 32.1. The summed E-state index contributed by atoms with van der Waals surface area (Å²) in [5, 5.41) is 0. The van der Waals surface area contributed by atoms with Crippen molar-refractivity contribution in [2.45, 2.75) is 25.9 Å². The molecule has 1 fully saturated rings. The molecule has 1 unspecified atom stereocenters. The first-order valence-electron chi connectivity index (χ1n) is 6.25. The smallest absolute Gasteiger partial charge is 0.103 e. The minimum absolute atomic E-state index is 0.460. The Hall–Kier alpha value is -0.970. The third kappa shape index (κ3) is 3.07. The number of aryl methyl sites for hydroxylation is 1. The lowest BCUT2D eigenvalue weighted by Crippen LogP contribution is -2.31. The van der Waals surface area contributed by atoms with Crippen molar-refractivity contribution in [3.8, 4) is 0 Å². The van der Waals surface area contributed by atoms with E-state index >= 15 is 0 Å². The summed E-state index contributed by atoms with van der Waals surface area (Å²) in [4.78, 5) is 2.82. The molecule has 1 atom stereocenters. The number of nitrogens with two attached hydrogens (primary N) is 1. The summed E-state index contributed by atoms with van der Waals surface area (Å²) in [6.07, 6.45) is 1.13. The molecule has 0 saturated carbocycles. The van der Waals surface area contributed by atoms with E-state index in [1.807, 2.05) is 6.07 Å². The van der Waals surface area contributed by atoms with E-state index in [1.165, 1.54) is 11.1 Å². The topological polar surface area (TPSA) is 38.5 Å². The Labute approximate surface area is 114 Å². The number of thiocarbonyl (C=S) groups is 1. The van der Waals surface area contributed by atoms with E-state index < -0.39 is 0 Å². The van der Waals surface area contributed by atoms with Crippen molar-refractivity contribution in [2.24, 2.45) is 5.73 Å². The quantitative estimate of drug-likeness (QED) is 0.842. The van der Waals surface area contributed by atoms with Crippen molar-refractivity contribution < 1.29 is 4.74 Å². The van der Waals surface area contributed by atoms with Crippen molar-refractivity contribution in [3.05, 3.63) is 34.9 Å². The fourth-order valence-corrected chi connectivity index (χ4v) is 2.42. The van der Waals surface area contributed by atoms with Crippen LogP contribution >= 0.6 is 12.2 Å². The van der Waals surface area contributed by atoms with Crippen LogP contribution in [0, 0.1) is 6.92 Å². The normalized spacial score (nSPS) is 19.4. The van der Waals surface area contributed by atoms with E-state index in [4.69, 9.17) is 22.7 Å². The van der Waals surface area contributed by atoms with Gasteiger partial charge in [0.2, 0.25) is 0 Å². The summed E-state index contributed by atoms with van der Waals surface area (Å²) in [6.45, 7) is 4.78. The van der Waals surface area contributed by atoms with Gasteiger partial charge in [-0.25, -0.2) is 0 Å². The van der Waals surface area contributed by atoms with Crippen molar-refractivity contribution >= 4 is 17.2 Å². The minimum atomic E-state index is 0.460. The minimum Gasteiger partial charge on any atom is -0.389 e. The van der Waals surface area contributed by atoms with Crippen LogP contribution in [-0.2, 0) is 11.3 Å². The molecular weight excluding hydrogens is 244 g/mol. The lowest BCUT2D eigenvalue weighted by molar-refractivity contribution is 0.156. The van der Waals surface area contributed by atoms with Crippen molar-refractivity contribution in [1.29, 1.82) is 0 Å². The van der Waals surface area contributed by atoms with Gasteiger partial charge in [0.1, 0.15) is 4.99 Å². The van der Waals surface area contributed by atoms with Gasteiger partial charge in [-0.1, -0.05) is 24.4 Å². The standard InChI is InChI=1S/C14H20N2OS/c1-10-7-11(14(15)18)3-4-12(10)8-16(2)13-5-6-17-9-13/h3-4,7,13H,5-6,8-9H2,1-2H3,(H2,15,18). The van der Waals surface area contributed by atoms with E-state index in [2.05, 4.69) is 31.0 Å². The van der Waals surface area contributed by atoms with Crippen LogP contribution < -0.4 is 5.73 Å². The van der Waals surface area contributed by atoms with E-state index in [1.54, 1.807) is 0 Å². The number of benzene rings is 1. The molecule has 1 aliphatic rings. The van der Waals surface area contributed by atoms with Crippen LogP contribution in [-0.4, -0.2) is 36.2 Å². The monoisotopic (exact) mass is 264 g/mol. The molecule has 0 bridgehead atoms. The van der Waals surface area contributed by atoms with Crippen molar-refractivity contribution in [2.75, 3.05) is 20.3 Å². The van der Waals surface area contributed by atoms with Crippen LogP contribution in [0.1, 0.15) is 23.1 Å². The van der Waals surface area contributed by atoms with Gasteiger partial charge in [-0.05, 0) is 37.6 Å². The molecule has 2 rings (SSSR count). The first-order chi connectivity index (χ1) is 8.58. The molecule has 98 valence electrons. The molecule has 1 aliphatic heterocycles. The van der Waals surface area contributed by atoms with Crippen LogP contribution in [0.5, 0.6) is 0 Å². The van der Waals surface area contributed by atoms with Gasteiger partial charge in [-0.2, -0.15) is 0 Å². The fourth-order valence-electron chi connectivity index (χ4n) is 2.29. The van der Waals surface area contributed by atoms with Gasteiger partial charge in [0.15, 0.2) is 0 Å². The Bertz CT molecular complexity index is 441. The van der Waals surface area contributed by atoms with Crippen LogP contribution in [0.2, 0.25) is 0 Å². The Kier molecular flexibility index (Phi) is 4.32. The molecule has 1 saturated heterocycles. The molecule has 3 nitrogen and oxygen atoms in total. The van der Waals surface area contributed by atoms with Crippen LogP contribution in [0.3, 0.4) is 0 Å². The van der Waals surface area contributed by atoms with Gasteiger partial charge in [-0.3, -0.25) is 4.90 Å². The molecule has 0 amide bonds. The highest BCUT2D eigenvalue weighted by Crippen LogP contribution is 2.17. The highest BCUT2D eigenvalue weighted by molar-refractivity contribution is 7.80. The third-order valence-electron chi connectivity index (χ3n) is 3.58. The van der Waals surface area contributed by atoms with E-state index in [0.717, 1.165) is 31.7 Å². The summed E-state index contributed by atoms with van der Waals surface area (Å²) in [7, 11) is 2.15. The molecule has 1 aromatic carbocycles. The van der Waals surface area contributed by atoms with E-state index in [-0.39, 0.29) is 0 Å². The maximum absolute atomic E-state index is 5.64. The molecule has 1 aromatic rings. The zero-order chi connectivity index (χ0) is 13.1. The largest absolute Gasteiger partial charge is 0.389 e. The average Bonchev–Trinajstić information content (AvgIpc) is 2.85. The Morgan fingerprint density at radius 2 is 2.33 bits per heavy atom. The van der Waals surface area contributed by atoms with Gasteiger partial charge in [0.05, 0.1) is 6.61 Å². The lowest BCUT2D eigenvalue weighted by atomic mass is 10.0. The summed E-state index contributed by atoms with van der Waals surface area (Å²) < 4.78 is 5.42. The summed E-state index contributed by atoms with van der Waals surface area (Å²) in [5.74, 6) is 0. The Morgan fingerprint density at radius 1 is 1.56 bits per heavy atom. The van der Waals surface area contributed by atoms with Gasteiger partial charge >= 0.3 is 0 Å². The zero-order valence-corrected chi connectivity index (χ0v) is 11.8. The molecular formula is C14H20N2OS. The molecule has 2 N–H and O–H groups in total. The summed E-state index contributed by atoms with van der Waals surface area (Å²) in [5.41, 5.74) is 9.15. The SMILES string of the molecule is Cc1cc(C(N)=S)ccc1CN(C)C1CCOC1. The van der Waals surface area contributed by atoms with Crippen molar-refractivity contribution in [3.63, 3.8) is 0 Å². The zero-order valence-electron chi connectivity index (χ0n) is 11.0. The lowest BCUT2D eigenvalue weighted by Gasteiger charge is -2.23. The second kappa shape index (κ2) is 5.78. The number of nitrogens with zero attached hydrogens (tertiary/aromatic N) is 1. The number of ether oxygens (including phenoxy) is 1. The van der Waals surface area contributed by atoms with Crippen LogP contribution in [0.4, 0.5) is 0 Å². The van der Waals surface area contributed by atoms with E-state index in [0.29, 0.717) is 11.0 Å². The summed E-state index contributed by atoms with van der Waals surface area (Å²) in [6, 6.07) is 6.73. The average molecular weight is 264 g/mol. The number of hydrogen-bond donors (Lipinski definition) is 1. The second-order valence-corrected chi connectivity index (χ2v) is 5.38. The predicted molar refractivity (Wildman–Crippen MR) is 77.8 cm³/mol. The maximum Gasteiger partial charge on any atom is 0.103 e.